The number of allylic oxidation sites excluding steroid dienone is 4. The maximum atomic E-state index is 5.68. The molecule has 0 atom stereocenters. The van der Waals surface area contributed by atoms with Gasteiger partial charge < -0.3 is 15.0 Å². The molecule has 1 aliphatic heterocycles. The van der Waals surface area contributed by atoms with Gasteiger partial charge in [-0.25, -0.2) is 0 Å². The van der Waals surface area contributed by atoms with Crippen LogP contribution in [0.4, 0.5) is 0 Å². The molecule has 0 aromatic heterocycles. The van der Waals surface area contributed by atoms with Gasteiger partial charge in [-0.15, -0.1) is 0 Å². The summed E-state index contributed by atoms with van der Waals surface area (Å²) in [5.74, 6) is 1.40. The number of hydrogen-bond acceptors (Lipinski definition) is 3. The molecule has 0 amide bonds. The lowest BCUT2D eigenvalue weighted by Crippen LogP contribution is -2.42. The van der Waals surface area contributed by atoms with Gasteiger partial charge in [-0.2, -0.15) is 0 Å². The van der Waals surface area contributed by atoms with E-state index in [1.807, 2.05) is 32.1 Å². The first kappa shape index (κ1) is 17.7. The molecule has 3 heteroatoms. The summed E-state index contributed by atoms with van der Waals surface area (Å²) in [6, 6.07) is 0.570. The van der Waals surface area contributed by atoms with E-state index in [-0.39, 0.29) is 0 Å². The van der Waals surface area contributed by atoms with Crippen molar-refractivity contribution >= 4 is 0 Å². The van der Waals surface area contributed by atoms with Crippen molar-refractivity contribution in [2.75, 3.05) is 26.2 Å². The van der Waals surface area contributed by atoms with Gasteiger partial charge in [0.25, 0.3) is 0 Å². The number of nitrogens with one attached hydrogen (secondary N) is 1. The van der Waals surface area contributed by atoms with E-state index >= 15 is 0 Å². The van der Waals surface area contributed by atoms with Crippen LogP contribution in [0.15, 0.2) is 48.5 Å². The van der Waals surface area contributed by atoms with Crippen LogP contribution in [0.25, 0.3) is 0 Å². The van der Waals surface area contributed by atoms with Gasteiger partial charge in [0.15, 0.2) is 0 Å². The maximum Gasteiger partial charge on any atom is 0.122 e. The van der Waals surface area contributed by atoms with E-state index in [2.05, 4.69) is 30.3 Å². The lowest BCUT2D eigenvalue weighted by Gasteiger charge is -2.31. The normalized spacial score (nSPS) is 18.1. The fraction of sp³-hybridized carbons (Fsp3) is 0.556. The predicted octanol–water partition coefficient (Wildman–Crippen LogP) is 3.63. The Morgan fingerprint density at radius 1 is 1.33 bits per heavy atom. The smallest absolute Gasteiger partial charge is 0.122 e. The summed E-state index contributed by atoms with van der Waals surface area (Å²) in [6.07, 6.45) is 8.34. The van der Waals surface area contributed by atoms with Gasteiger partial charge in [0.1, 0.15) is 11.5 Å². The highest BCUT2D eigenvalue weighted by molar-refractivity contribution is 5.26. The van der Waals surface area contributed by atoms with Crippen LogP contribution >= 0.6 is 0 Å². The van der Waals surface area contributed by atoms with Crippen LogP contribution in [0.1, 0.15) is 33.6 Å². The highest BCUT2D eigenvalue weighted by Gasteiger charge is 2.17. The summed E-state index contributed by atoms with van der Waals surface area (Å²) in [6.45, 7) is 18.3. The van der Waals surface area contributed by atoms with E-state index in [1.165, 1.54) is 25.9 Å². The quantitative estimate of drug-likeness (QED) is 0.546. The van der Waals surface area contributed by atoms with Crippen molar-refractivity contribution in [1.82, 2.24) is 10.2 Å². The minimum atomic E-state index is 0.570. The van der Waals surface area contributed by atoms with E-state index in [9.17, 15) is 0 Å². The molecule has 0 radical (unpaired) electrons. The van der Waals surface area contributed by atoms with Gasteiger partial charge in [-0.3, -0.25) is 0 Å². The van der Waals surface area contributed by atoms with Crippen LogP contribution in [0.2, 0.25) is 0 Å². The zero-order chi connectivity index (χ0) is 15.7. The lowest BCUT2D eigenvalue weighted by atomic mass is 10.1. The monoisotopic (exact) mass is 290 g/mol. The Kier molecular flexibility index (Phi) is 8.09. The summed E-state index contributed by atoms with van der Waals surface area (Å²) in [7, 11) is 0. The minimum Gasteiger partial charge on any atom is -0.461 e. The Morgan fingerprint density at radius 2 is 2.00 bits per heavy atom. The van der Waals surface area contributed by atoms with Crippen molar-refractivity contribution in [2.45, 2.75) is 39.7 Å². The van der Waals surface area contributed by atoms with Gasteiger partial charge in [-0.05, 0) is 51.9 Å². The topological polar surface area (TPSA) is 24.5 Å². The average Bonchev–Trinajstić information content (AvgIpc) is 2.50. The van der Waals surface area contributed by atoms with Crippen molar-refractivity contribution in [3.05, 3.63) is 48.5 Å². The molecular formula is C18H30N2O. The van der Waals surface area contributed by atoms with E-state index in [4.69, 9.17) is 4.74 Å². The first-order chi connectivity index (χ1) is 10.1. The summed E-state index contributed by atoms with van der Waals surface area (Å²) in [4.78, 5) is 2.49. The molecule has 0 unspecified atom stereocenters. The van der Waals surface area contributed by atoms with Crippen LogP contribution in [0.5, 0.6) is 0 Å². The molecule has 0 aromatic rings. The molecule has 0 bridgehead atoms. The standard InChI is InChI=1S/C18H30N2O/c1-6-8-9-15(3)17(5)21-16(4)14-19-18-10-12-20(7-2)13-11-18/h6,8-9,18-19H,4-5,7,10-14H2,1-3H3/b8-6-,15-9+. The van der Waals surface area contributed by atoms with Crippen molar-refractivity contribution in [1.29, 1.82) is 0 Å². The Hall–Kier alpha value is -1.32. The van der Waals surface area contributed by atoms with E-state index in [0.29, 0.717) is 18.3 Å². The van der Waals surface area contributed by atoms with Crippen molar-refractivity contribution in [3.63, 3.8) is 0 Å². The van der Waals surface area contributed by atoms with Gasteiger partial charge in [-0.1, -0.05) is 38.3 Å². The first-order valence-electron chi connectivity index (χ1n) is 7.87. The van der Waals surface area contributed by atoms with Crippen LogP contribution in [-0.4, -0.2) is 37.1 Å². The second-order valence-corrected chi connectivity index (χ2v) is 5.53. The predicted molar refractivity (Wildman–Crippen MR) is 91.1 cm³/mol. The number of nitrogens with zero attached hydrogens (tertiary/aromatic N) is 1. The second-order valence-electron chi connectivity index (χ2n) is 5.53. The van der Waals surface area contributed by atoms with E-state index in [0.717, 1.165) is 17.9 Å². The molecule has 1 fully saturated rings. The van der Waals surface area contributed by atoms with E-state index < -0.39 is 0 Å². The molecular weight excluding hydrogens is 260 g/mol. The fourth-order valence-corrected chi connectivity index (χ4v) is 2.34. The number of rotatable bonds is 8. The number of hydrogen-bond donors (Lipinski definition) is 1. The Labute approximate surface area is 130 Å². The Bertz CT molecular complexity index is 401. The van der Waals surface area contributed by atoms with Crippen LogP contribution in [-0.2, 0) is 4.74 Å². The van der Waals surface area contributed by atoms with Gasteiger partial charge in [0.2, 0.25) is 0 Å². The Balaban J connectivity index is 2.27. The van der Waals surface area contributed by atoms with Crippen LogP contribution in [0.3, 0.4) is 0 Å². The highest BCUT2D eigenvalue weighted by atomic mass is 16.5. The molecule has 1 aliphatic rings. The van der Waals surface area contributed by atoms with Crippen molar-refractivity contribution in [2.24, 2.45) is 0 Å². The second kappa shape index (κ2) is 9.59. The molecule has 0 saturated carbocycles. The number of ether oxygens (including phenoxy) is 1. The van der Waals surface area contributed by atoms with Gasteiger partial charge in [0.05, 0.1) is 6.54 Å². The molecule has 1 heterocycles. The van der Waals surface area contributed by atoms with Crippen molar-refractivity contribution in [3.8, 4) is 0 Å². The highest BCUT2D eigenvalue weighted by Crippen LogP contribution is 2.14. The summed E-state index contributed by atoms with van der Waals surface area (Å²) in [5, 5.41) is 3.53. The SMILES string of the molecule is C=C(CNC1CCN(CC)CC1)OC(=C)/C(C)=C/C=C\C. The van der Waals surface area contributed by atoms with Crippen molar-refractivity contribution < 1.29 is 4.74 Å². The molecule has 1 rings (SSSR count). The lowest BCUT2D eigenvalue weighted by molar-refractivity contribution is 0.203. The fourth-order valence-electron chi connectivity index (χ4n) is 2.34. The third-order valence-electron chi connectivity index (χ3n) is 3.87. The summed E-state index contributed by atoms with van der Waals surface area (Å²) < 4.78 is 5.68. The largest absolute Gasteiger partial charge is 0.461 e. The number of likely N-dealkylation sites (tertiary alicyclic amines) is 1. The first-order valence-corrected chi connectivity index (χ1v) is 7.87. The number of piperidine rings is 1. The molecule has 0 aromatic carbocycles. The molecule has 3 nitrogen and oxygen atoms in total. The molecule has 1 saturated heterocycles. The molecule has 118 valence electrons. The van der Waals surface area contributed by atoms with Crippen LogP contribution in [0, 0.1) is 0 Å². The summed E-state index contributed by atoms with van der Waals surface area (Å²) in [5.41, 5.74) is 1.02. The molecule has 0 aliphatic carbocycles. The molecule has 1 N–H and O–H groups in total. The molecule has 21 heavy (non-hydrogen) atoms. The maximum absolute atomic E-state index is 5.68. The molecule has 0 spiro atoms. The summed E-state index contributed by atoms with van der Waals surface area (Å²) >= 11 is 0. The zero-order valence-corrected chi connectivity index (χ0v) is 13.8. The third kappa shape index (κ3) is 6.78. The Morgan fingerprint density at radius 3 is 2.57 bits per heavy atom. The third-order valence-corrected chi connectivity index (χ3v) is 3.87. The van der Waals surface area contributed by atoms with Gasteiger partial charge >= 0.3 is 0 Å². The van der Waals surface area contributed by atoms with Gasteiger partial charge in [0, 0.05) is 6.04 Å². The van der Waals surface area contributed by atoms with E-state index in [1.54, 1.807) is 0 Å². The zero-order valence-electron chi connectivity index (χ0n) is 13.8. The average molecular weight is 290 g/mol. The minimum absolute atomic E-state index is 0.570. The van der Waals surface area contributed by atoms with Crippen LogP contribution < -0.4 is 5.32 Å².